The Hall–Kier alpha value is -0.570. The fourth-order valence-corrected chi connectivity index (χ4v) is 2.30. The van der Waals surface area contributed by atoms with Crippen molar-refractivity contribution >= 4 is 5.91 Å². The molecule has 0 spiro atoms. The summed E-state index contributed by atoms with van der Waals surface area (Å²) in [5, 5.41) is 6.36. The van der Waals surface area contributed by atoms with E-state index in [2.05, 4.69) is 24.5 Å². The highest BCUT2D eigenvalue weighted by molar-refractivity contribution is 5.78. The number of hydrogen-bond donors (Lipinski definition) is 2. The van der Waals surface area contributed by atoms with Crippen LogP contribution in [0.3, 0.4) is 0 Å². The molecule has 0 heterocycles. The third-order valence-electron chi connectivity index (χ3n) is 3.40. The van der Waals surface area contributed by atoms with Gasteiger partial charge < -0.3 is 10.6 Å². The molecule has 0 aliphatic heterocycles. The molecule has 0 saturated heterocycles. The van der Waals surface area contributed by atoms with Crippen LogP contribution >= 0.6 is 0 Å². The Labute approximate surface area is 106 Å². The quantitative estimate of drug-likeness (QED) is 0.553. The van der Waals surface area contributed by atoms with Crippen LogP contribution in [-0.4, -0.2) is 25.0 Å². The topological polar surface area (TPSA) is 41.1 Å². The summed E-state index contributed by atoms with van der Waals surface area (Å²) >= 11 is 0. The van der Waals surface area contributed by atoms with E-state index in [1.807, 2.05) is 0 Å². The summed E-state index contributed by atoms with van der Waals surface area (Å²) in [7, 11) is 0. The van der Waals surface area contributed by atoms with Gasteiger partial charge in [0, 0.05) is 6.04 Å². The average Bonchev–Trinajstić information content (AvgIpc) is 2.53. The molecule has 0 aromatic rings. The standard InChI is InChI=1S/C14H28N2O/c1-12(2)9-10-15-11-14(17)16-13-7-5-3-4-6-8-13/h12-13,15H,3-11H2,1-2H3,(H,16,17). The van der Waals surface area contributed by atoms with E-state index in [9.17, 15) is 4.79 Å². The average molecular weight is 240 g/mol. The van der Waals surface area contributed by atoms with Crippen molar-refractivity contribution in [3.8, 4) is 0 Å². The number of hydrogen-bond acceptors (Lipinski definition) is 2. The molecule has 0 radical (unpaired) electrons. The molecular weight excluding hydrogens is 212 g/mol. The predicted molar refractivity (Wildman–Crippen MR) is 72.0 cm³/mol. The molecule has 1 fully saturated rings. The Bertz CT molecular complexity index is 208. The molecule has 1 aliphatic rings. The molecule has 0 unspecified atom stereocenters. The predicted octanol–water partition coefficient (Wildman–Crippen LogP) is 2.46. The highest BCUT2D eigenvalue weighted by Crippen LogP contribution is 2.16. The summed E-state index contributed by atoms with van der Waals surface area (Å²) in [6.45, 7) is 5.82. The van der Waals surface area contributed by atoms with Gasteiger partial charge in [-0.25, -0.2) is 0 Å². The van der Waals surface area contributed by atoms with E-state index in [1.165, 1.54) is 25.7 Å². The Kier molecular flexibility index (Phi) is 7.25. The maximum atomic E-state index is 11.7. The second-order valence-electron chi connectivity index (χ2n) is 5.62. The van der Waals surface area contributed by atoms with Crippen LogP contribution in [0, 0.1) is 5.92 Å². The van der Waals surface area contributed by atoms with E-state index in [0.717, 1.165) is 25.8 Å². The van der Waals surface area contributed by atoms with Crippen LogP contribution in [0.25, 0.3) is 0 Å². The van der Waals surface area contributed by atoms with Gasteiger partial charge in [0.1, 0.15) is 0 Å². The Morgan fingerprint density at radius 2 is 1.82 bits per heavy atom. The highest BCUT2D eigenvalue weighted by atomic mass is 16.1. The van der Waals surface area contributed by atoms with Crippen LogP contribution in [0.4, 0.5) is 0 Å². The van der Waals surface area contributed by atoms with Crippen LogP contribution in [-0.2, 0) is 4.79 Å². The maximum absolute atomic E-state index is 11.7. The molecular formula is C14H28N2O. The van der Waals surface area contributed by atoms with E-state index in [0.29, 0.717) is 18.5 Å². The highest BCUT2D eigenvalue weighted by Gasteiger charge is 2.14. The van der Waals surface area contributed by atoms with Gasteiger partial charge >= 0.3 is 0 Å². The van der Waals surface area contributed by atoms with Crippen molar-refractivity contribution in [1.29, 1.82) is 0 Å². The minimum Gasteiger partial charge on any atom is -0.352 e. The normalized spacial score (nSPS) is 18.1. The molecule has 17 heavy (non-hydrogen) atoms. The monoisotopic (exact) mass is 240 g/mol. The molecule has 2 N–H and O–H groups in total. The third kappa shape index (κ3) is 7.37. The zero-order valence-corrected chi connectivity index (χ0v) is 11.4. The van der Waals surface area contributed by atoms with Crippen molar-refractivity contribution in [2.75, 3.05) is 13.1 Å². The summed E-state index contributed by atoms with van der Waals surface area (Å²) in [6, 6.07) is 0.428. The molecule has 0 aromatic carbocycles. The first-order valence-electron chi connectivity index (χ1n) is 7.18. The molecule has 100 valence electrons. The lowest BCUT2D eigenvalue weighted by molar-refractivity contribution is -0.121. The van der Waals surface area contributed by atoms with E-state index < -0.39 is 0 Å². The van der Waals surface area contributed by atoms with Gasteiger partial charge in [0.15, 0.2) is 0 Å². The van der Waals surface area contributed by atoms with Crippen molar-refractivity contribution in [2.24, 2.45) is 5.92 Å². The lowest BCUT2D eigenvalue weighted by Gasteiger charge is -2.16. The van der Waals surface area contributed by atoms with Crippen molar-refractivity contribution in [3.63, 3.8) is 0 Å². The second-order valence-corrected chi connectivity index (χ2v) is 5.62. The molecule has 0 aromatic heterocycles. The summed E-state index contributed by atoms with van der Waals surface area (Å²) in [6.07, 6.45) is 8.67. The minimum atomic E-state index is 0.167. The molecule has 1 amide bonds. The molecule has 1 rings (SSSR count). The van der Waals surface area contributed by atoms with Crippen LogP contribution < -0.4 is 10.6 Å². The number of amides is 1. The zero-order chi connectivity index (χ0) is 12.5. The number of carbonyl (C=O) groups is 1. The van der Waals surface area contributed by atoms with Crippen molar-refractivity contribution in [1.82, 2.24) is 10.6 Å². The fourth-order valence-electron chi connectivity index (χ4n) is 2.30. The van der Waals surface area contributed by atoms with Gasteiger partial charge in [0.05, 0.1) is 6.54 Å². The smallest absolute Gasteiger partial charge is 0.234 e. The number of rotatable bonds is 6. The van der Waals surface area contributed by atoms with Crippen LogP contribution in [0.2, 0.25) is 0 Å². The van der Waals surface area contributed by atoms with Gasteiger partial charge in [0.25, 0.3) is 0 Å². The third-order valence-corrected chi connectivity index (χ3v) is 3.40. The summed E-state index contributed by atoms with van der Waals surface area (Å²) in [4.78, 5) is 11.7. The fraction of sp³-hybridized carbons (Fsp3) is 0.929. The molecule has 3 nitrogen and oxygen atoms in total. The summed E-state index contributed by atoms with van der Waals surface area (Å²) in [5.74, 6) is 0.869. The first-order valence-corrected chi connectivity index (χ1v) is 7.18. The van der Waals surface area contributed by atoms with Crippen molar-refractivity contribution in [3.05, 3.63) is 0 Å². The van der Waals surface area contributed by atoms with Gasteiger partial charge in [-0.3, -0.25) is 4.79 Å². The Morgan fingerprint density at radius 1 is 1.18 bits per heavy atom. The van der Waals surface area contributed by atoms with Gasteiger partial charge in [-0.2, -0.15) is 0 Å². The first-order chi connectivity index (χ1) is 8.18. The molecule has 0 bridgehead atoms. The SMILES string of the molecule is CC(C)CCNCC(=O)NC1CCCCCC1. The van der Waals surface area contributed by atoms with E-state index >= 15 is 0 Å². The van der Waals surface area contributed by atoms with E-state index in [-0.39, 0.29) is 5.91 Å². The first kappa shape index (κ1) is 14.5. The largest absolute Gasteiger partial charge is 0.352 e. The van der Waals surface area contributed by atoms with Crippen LogP contribution in [0.15, 0.2) is 0 Å². The van der Waals surface area contributed by atoms with E-state index in [4.69, 9.17) is 0 Å². The molecule has 3 heteroatoms. The second kappa shape index (κ2) is 8.51. The zero-order valence-electron chi connectivity index (χ0n) is 11.4. The Balaban J connectivity index is 2.07. The summed E-state index contributed by atoms with van der Waals surface area (Å²) < 4.78 is 0. The number of nitrogens with one attached hydrogen (secondary N) is 2. The van der Waals surface area contributed by atoms with E-state index in [1.54, 1.807) is 0 Å². The van der Waals surface area contributed by atoms with Crippen LogP contribution in [0.5, 0.6) is 0 Å². The maximum Gasteiger partial charge on any atom is 0.234 e. The number of carbonyl (C=O) groups excluding carboxylic acids is 1. The minimum absolute atomic E-state index is 0.167. The lowest BCUT2D eigenvalue weighted by Crippen LogP contribution is -2.40. The summed E-state index contributed by atoms with van der Waals surface area (Å²) in [5.41, 5.74) is 0. The van der Waals surface area contributed by atoms with Gasteiger partial charge in [0.2, 0.25) is 5.91 Å². The van der Waals surface area contributed by atoms with Gasteiger partial charge in [-0.1, -0.05) is 39.5 Å². The Morgan fingerprint density at radius 3 is 2.41 bits per heavy atom. The van der Waals surface area contributed by atoms with Crippen molar-refractivity contribution in [2.45, 2.75) is 64.8 Å². The lowest BCUT2D eigenvalue weighted by atomic mass is 10.1. The molecule has 1 aliphatic carbocycles. The van der Waals surface area contributed by atoms with Crippen LogP contribution in [0.1, 0.15) is 58.8 Å². The van der Waals surface area contributed by atoms with Gasteiger partial charge in [-0.15, -0.1) is 0 Å². The molecule has 1 saturated carbocycles. The van der Waals surface area contributed by atoms with Crippen molar-refractivity contribution < 1.29 is 4.79 Å². The van der Waals surface area contributed by atoms with Gasteiger partial charge in [-0.05, 0) is 31.7 Å². The molecule has 0 atom stereocenters.